The standard InChI is InChI=1S/C25H21NO5/c27-23(12-13-24(28)29)16-6-5-7-17(14-16)26-25(30)31-15-22-20-10-3-1-8-18(20)19-9-2-4-11-21(19)22/h1-11,14,22H,12-13,15H2,(H,26,30)(H,28,29). The summed E-state index contributed by atoms with van der Waals surface area (Å²) < 4.78 is 5.51. The predicted octanol–water partition coefficient (Wildman–Crippen LogP) is 5.10. The summed E-state index contributed by atoms with van der Waals surface area (Å²) in [4.78, 5) is 35.2. The summed E-state index contributed by atoms with van der Waals surface area (Å²) in [6.45, 7) is 0.192. The summed E-state index contributed by atoms with van der Waals surface area (Å²) in [5.74, 6) is -1.36. The summed E-state index contributed by atoms with van der Waals surface area (Å²) in [6.07, 6.45) is -0.941. The van der Waals surface area contributed by atoms with E-state index in [-0.39, 0.29) is 31.1 Å². The number of anilines is 1. The molecule has 156 valence electrons. The highest BCUT2D eigenvalue weighted by atomic mass is 16.5. The van der Waals surface area contributed by atoms with Crippen LogP contribution < -0.4 is 5.32 Å². The lowest BCUT2D eigenvalue weighted by atomic mass is 9.98. The first kappa shape index (κ1) is 20.3. The van der Waals surface area contributed by atoms with Crippen LogP contribution in [0.5, 0.6) is 0 Å². The smallest absolute Gasteiger partial charge is 0.411 e. The van der Waals surface area contributed by atoms with E-state index in [1.165, 1.54) is 6.07 Å². The lowest BCUT2D eigenvalue weighted by molar-refractivity contribution is -0.136. The number of hydrogen-bond acceptors (Lipinski definition) is 4. The van der Waals surface area contributed by atoms with E-state index in [4.69, 9.17) is 9.84 Å². The van der Waals surface area contributed by atoms with Crippen LogP contribution in [-0.4, -0.2) is 29.6 Å². The number of carbonyl (C=O) groups excluding carboxylic acids is 2. The van der Waals surface area contributed by atoms with E-state index in [0.29, 0.717) is 11.3 Å². The van der Waals surface area contributed by atoms with Gasteiger partial charge < -0.3 is 9.84 Å². The summed E-state index contributed by atoms with van der Waals surface area (Å²) in [6, 6.07) is 22.6. The Morgan fingerprint density at radius 2 is 1.48 bits per heavy atom. The van der Waals surface area contributed by atoms with Crippen molar-refractivity contribution in [3.05, 3.63) is 89.5 Å². The summed E-state index contributed by atoms with van der Waals surface area (Å²) >= 11 is 0. The van der Waals surface area contributed by atoms with Crippen LogP contribution in [0.15, 0.2) is 72.8 Å². The Morgan fingerprint density at radius 3 is 2.13 bits per heavy atom. The number of ketones is 1. The number of aliphatic carboxylic acids is 1. The summed E-state index contributed by atoms with van der Waals surface area (Å²) in [5.41, 5.74) is 5.32. The quantitative estimate of drug-likeness (QED) is 0.524. The van der Waals surface area contributed by atoms with Gasteiger partial charge in [0.05, 0.1) is 6.42 Å². The second-order valence-corrected chi connectivity index (χ2v) is 7.35. The first-order valence-corrected chi connectivity index (χ1v) is 10.00. The molecule has 4 rings (SSSR count). The zero-order valence-electron chi connectivity index (χ0n) is 16.7. The van der Waals surface area contributed by atoms with Gasteiger partial charge in [-0.05, 0) is 34.4 Å². The molecule has 0 bridgehead atoms. The zero-order valence-corrected chi connectivity index (χ0v) is 16.7. The van der Waals surface area contributed by atoms with Gasteiger partial charge in [-0.3, -0.25) is 14.9 Å². The minimum Gasteiger partial charge on any atom is -0.481 e. The zero-order chi connectivity index (χ0) is 21.8. The molecule has 3 aromatic rings. The van der Waals surface area contributed by atoms with E-state index < -0.39 is 12.1 Å². The predicted molar refractivity (Wildman–Crippen MR) is 116 cm³/mol. The number of amides is 1. The number of Topliss-reactive ketones (excluding diaryl/α,β-unsaturated/α-hetero) is 1. The van der Waals surface area contributed by atoms with E-state index in [1.54, 1.807) is 18.2 Å². The van der Waals surface area contributed by atoms with Crippen LogP contribution in [0.2, 0.25) is 0 Å². The fourth-order valence-electron chi connectivity index (χ4n) is 3.89. The Labute approximate surface area is 179 Å². The number of benzene rings is 3. The van der Waals surface area contributed by atoms with Crippen molar-refractivity contribution < 1.29 is 24.2 Å². The number of rotatable bonds is 7. The third-order valence-corrected chi connectivity index (χ3v) is 5.34. The van der Waals surface area contributed by atoms with Crippen LogP contribution in [0.25, 0.3) is 11.1 Å². The molecule has 0 atom stereocenters. The topological polar surface area (TPSA) is 92.7 Å². The average Bonchev–Trinajstić information content (AvgIpc) is 3.10. The van der Waals surface area contributed by atoms with E-state index in [1.807, 2.05) is 36.4 Å². The largest absolute Gasteiger partial charge is 0.481 e. The molecule has 3 aromatic carbocycles. The minimum absolute atomic E-state index is 0.0397. The fraction of sp³-hybridized carbons (Fsp3) is 0.160. The maximum atomic E-state index is 12.4. The lowest BCUT2D eigenvalue weighted by Crippen LogP contribution is -2.18. The van der Waals surface area contributed by atoms with Gasteiger partial charge in [-0.2, -0.15) is 0 Å². The Morgan fingerprint density at radius 1 is 0.839 bits per heavy atom. The van der Waals surface area contributed by atoms with E-state index >= 15 is 0 Å². The molecular formula is C25H21NO5. The maximum absolute atomic E-state index is 12.4. The summed E-state index contributed by atoms with van der Waals surface area (Å²) in [5, 5.41) is 11.4. The van der Waals surface area contributed by atoms with Crippen molar-refractivity contribution in [2.24, 2.45) is 0 Å². The lowest BCUT2D eigenvalue weighted by Gasteiger charge is -2.14. The van der Waals surface area contributed by atoms with E-state index in [2.05, 4.69) is 17.4 Å². The van der Waals surface area contributed by atoms with Crippen LogP contribution in [0.1, 0.15) is 40.2 Å². The van der Waals surface area contributed by atoms with Crippen molar-refractivity contribution in [2.45, 2.75) is 18.8 Å². The van der Waals surface area contributed by atoms with Crippen LogP contribution in [-0.2, 0) is 9.53 Å². The van der Waals surface area contributed by atoms with Gasteiger partial charge in [-0.25, -0.2) is 4.79 Å². The van der Waals surface area contributed by atoms with Gasteiger partial charge in [0.25, 0.3) is 0 Å². The molecule has 6 nitrogen and oxygen atoms in total. The van der Waals surface area contributed by atoms with Crippen molar-refractivity contribution in [1.29, 1.82) is 0 Å². The molecule has 0 spiro atoms. The Bertz CT molecular complexity index is 1110. The molecule has 0 saturated carbocycles. The molecule has 0 unspecified atom stereocenters. The maximum Gasteiger partial charge on any atom is 0.411 e. The van der Waals surface area contributed by atoms with Gasteiger partial charge in [0.2, 0.25) is 0 Å². The number of ether oxygens (including phenoxy) is 1. The fourth-order valence-corrected chi connectivity index (χ4v) is 3.89. The molecule has 0 saturated heterocycles. The second kappa shape index (κ2) is 8.83. The number of carboxylic acids is 1. The van der Waals surface area contributed by atoms with Gasteiger partial charge in [-0.15, -0.1) is 0 Å². The van der Waals surface area contributed by atoms with Crippen LogP contribution in [0.3, 0.4) is 0 Å². The molecule has 31 heavy (non-hydrogen) atoms. The molecule has 0 aromatic heterocycles. The first-order valence-electron chi connectivity index (χ1n) is 10.00. The minimum atomic E-state index is -1.03. The second-order valence-electron chi connectivity index (χ2n) is 7.35. The molecule has 1 aliphatic rings. The van der Waals surface area contributed by atoms with Crippen molar-refractivity contribution >= 4 is 23.5 Å². The molecule has 6 heteroatoms. The first-order chi connectivity index (χ1) is 15.0. The molecule has 0 heterocycles. The van der Waals surface area contributed by atoms with Crippen molar-refractivity contribution in [2.75, 3.05) is 11.9 Å². The number of nitrogens with one attached hydrogen (secondary N) is 1. The van der Waals surface area contributed by atoms with Crippen molar-refractivity contribution in [3.63, 3.8) is 0 Å². The van der Waals surface area contributed by atoms with Crippen molar-refractivity contribution in [3.8, 4) is 11.1 Å². The Hall–Kier alpha value is -3.93. The van der Waals surface area contributed by atoms with Crippen LogP contribution in [0, 0.1) is 0 Å². The van der Waals surface area contributed by atoms with E-state index in [9.17, 15) is 14.4 Å². The highest BCUT2D eigenvalue weighted by Gasteiger charge is 2.29. The van der Waals surface area contributed by atoms with Gasteiger partial charge in [0.1, 0.15) is 6.61 Å². The van der Waals surface area contributed by atoms with Gasteiger partial charge in [0, 0.05) is 23.6 Å². The third kappa shape index (κ3) is 4.48. The van der Waals surface area contributed by atoms with Crippen molar-refractivity contribution in [1.82, 2.24) is 0 Å². The van der Waals surface area contributed by atoms with Crippen LogP contribution >= 0.6 is 0 Å². The SMILES string of the molecule is O=C(O)CCC(=O)c1cccc(NC(=O)OCC2c3ccccc3-c3ccccc32)c1. The normalized spacial score (nSPS) is 12.0. The van der Waals surface area contributed by atoms with Gasteiger partial charge in [0.15, 0.2) is 5.78 Å². The molecule has 0 radical (unpaired) electrons. The van der Waals surface area contributed by atoms with E-state index in [0.717, 1.165) is 22.3 Å². The molecule has 2 N–H and O–H groups in total. The van der Waals surface area contributed by atoms with Gasteiger partial charge in [-0.1, -0.05) is 60.7 Å². The summed E-state index contributed by atoms with van der Waals surface area (Å²) in [7, 11) is 0. The highest BCUT2D eigenvalue weighted by molar-refractivity contribution is 5.99. The number of carboxylic acid groups (broad SMARTS) is 1. The van der Waals surface area contributed by atoms with Crippen LogP contribution in [0.4, 0.5) is 10.5 Å². The Balaban J connectivity index is 1.41. The monoisotopic (exact) mass is 415 g/mol. The molecule has 1 aliphatic carbocycles. The van der Waals surface area contributed by atoms with Gasteiger partial charge >= 0.3 is 12.1 Å². The number of carbonyl (C=O) groups is 3. The molecule has 0 fully saturated rings. The Kier molecular flexibility index (Phi) is 5.80. The molecular weight excluding hydrogens is 394 g/mol. The number of hydrogen-bond donors (Lipinski definition) is 2. The average molecular weight is 415 g/mol. The third-order valence-electron chi connectivity index (χ3n) is 5.34. The molecule has 1 amide bonds. The number of fused-ring (bicyclic) bond motifs is 3. The molecule has 0 aliphatic heterocycles. The highest BCUT2D eigenvalue weighted by Crippen LogP contribution is 2.44.